The zero-order valence-corrected chi connectivity index (χ0v) is 8.61. The summed E-state index contributed by atoms with van der Waals surface area (Å²) < 4.78 is 0. The van der Waals surface area contributed by atoms with Gasteiger partial charge in [-0.1, -0.05) is 0 Å². The van der Waals surface area contributed by atoms with Crippen LogP contribution in [0.1, 0.15) is 38.5 Å². The Morgan fingerprint density at radius 1 is 0.857 bits per heavy atom. The van der Waals surface area contributed by atoms with E-state index in [0.29, 0.717) is 11.7 Å². The molecule has 0 unspecified atom stereocenters. The fourth-order valence-corrected chi connectivity index (χ4v) is 5.46. The van der Waals surface area contributed by atoms with Crippen molar-refractivity contribution in [2.45, 2.75) is 38.5 Å². The maximum Gasteiger partial charge on any atom is 0.136 e. The predicted octanol–water partition coefficient (Wildman–Crippen LogP) is 2.65. The Kier molecular flexibility index (Phi) is 1.37. The Hall–Kier alpha value is -0.330. The van der Waals surface area contributed by atoms with Crippen molar-refractivity contribution < 1.29 is 4.79 Å². The molecule has 5 fully saturated rings. The summed E-state index contributed by atoms with van der Waals surface area (Å²) in [6, 6.07) is 0. The maximum absolute atomic E-state index is 11.8. The molecule has 0 aromatic rings. The van der Waals surface area contributed by atoms with E-state index < -0.39 is 0 Å². The first kappa shape index (κ1) is 7.90. The quantitative estimate of drug-likeness (QED) is 0.574. The van der Waals surface area contributed by atoms with Gasteiger partial charge in [-0.3, -0.25) is 4.79 Å². The standard InChI is InChI=1S/C13H18O/c14-11-6-9-5-10(11)13-8-3-1-7(2-4-8)12(9)13/h7-10,12-13H,1-6H2/t7?,8?,9-,10-,12-,13+/m1/s1. The van der Waals surface area contributed by atoms with Crippen molar-refractivity contribution >= 4 is 5.78 Å². The normalized spacial score (nSPS) is 59.3. The summed E-state index contributed by atoms with van der Waals surface area (Å²) in [6.07, 6.45) is 8.10. The summed E-state index contributed by atoms with van der Waals surface area (Å²) >= 11 is 0. The number of carbonyl (C=O) groups excluding carboxylic acids is 1. The molecule has 0 heterocycles. The van der Waals surface area contributed by atoms with Crippen molar-refractivity contribution in [1.29, 1.82) is 0 Å². The molecular formula is C13H18O. The van der Waals surface area contributed by atoms with Crippen LogP contribution in [-0.4, -0.2) is 5.78 Å². The molecule has 14 heavy (non-hydrogen) atoms. The molecule has 5 saturated carbocycles. The van der Waals surface area contributed by atoms with Gasteiger partial charge in [-0.25, -0.2) is 0 Å². The van der Waals surface area contributed by atoms with Gasteiger partial charge in [0.15, 0.2) is 0 Å². The summed E-state index contributed by atoms with van der Waals surface area (Å²) in [4.78, 5) is 11.8. The van der Waals surface area contributed by atoms with Gasteiger partial charge in [0.05, 0.1) is 0 Å². The van der Waals surface area contributed by atoms with E-state index in [-0.39, 0.29) is 0 Å². The zero-order valence-electron chi connectivity index (χ0n) is 8.61. The van der Waals surface area contributed by atoms with E-state index in [0.717, 1.165) is 36.0 Å². The highest BCUT2D eigenvalue weighted by atomic mass is 16.1. The highest BCUT2D eigenvalue weighted by molar-refractivity contribution is 5.85. The maximum atomic E-state index is 11.8. The summed E-state index contributed by atoms with van der Waals surface area (Å²) in [6.45, 7) is 0. The monoisotopic (exact) mass is 190 g/mol. The van der Waals surface area contributed by atoms with Gasteiger partial charge in [-0.15, -0.1) is 0 Å². The number of carbonyl (C=O) groups is 1. The second-order valence-corrected chi connectivity index (χ2v) is 6.10. The fourth-order valence-electron chi connectivity index (χ4n) is 5.46. The highest BCUT2D eigenvalue weighted by Gasteiger charge is 2.59. The Labute approximate surface area is 85.3 Å². The van der Waals surface area contributed by atoms with Crippen molar-refractivity contribution in [1.82, 2.24) is 0 Å². The van der Waals surface area contributed by atoms with E-state index in [1.54, 1.807) is 0 Å². The molecule has 5 aliphatic rings. The van der Waals surface area contributed by atoms with Crippen LogP contribution in [0.15, 0.2) is 0 Å². The van der Waals surface area contributed by atoms with Crippen molar-refractivity contribution in [2.75, 3.05) is 0 Å². The second kappa shape index (κ2) is 2.43. The van der Waals surface area contributed by atoms with E-state index >= 15 is 0 Å². The molecule has 4 atom stereocenters. The van der Waals surface area contributed by atoms with E-state index in [1.165, 1.54) is 32.1 Å². The van der Waals surface area contributed by atoms with Crippen LogP contribution in [-0.2, 0) is 4.79 Å². The van der Waals surface area contributed by atoms with Gasteiger partial charge in [0.1, 0.15) is 5.78 Å². The summed E-state index contributed by atoms with van der Waals surface area (Å²) in [7, 11) is 0. The molecule has 5 aliphatic carbocycles. The number of hydrogen-bond donors (Lipinski definition) is 0. The lowest BCUT2D eigenvalue weighted by Gasteiger charge is -2.50. The van der Waals surface area contributed by atoms with E-state index in [4.69, 9.17) is 0 Å². The van der Waals surface area contributed by atoms with Gasteiger partial charge < -0.3 is 0 Å². The average molecular weight is 190 g/mol. The molecule has 0 radical (unpaired) electrons. The number of fused-ring (bicyclic) bond motifs is 4. The van der Waals surface area contributed by atoms with E-state index in [2.05, 4.69) is 0 Å². The molecule has 0 aliphatic heterocycles. The third-order valence-electron chi connectivity index (χ3n) is 5.79. The van der Waals surface area contributed by atoms with Gasteiger partial charge in [0, 0.05) is 12.3 Å². The molecule has 76 valence electrons. The van der Waals surface area contributed by atoms with Crippen LogP contribution in [0.2, 0.25) is 0 Å². The highest BCUT2D eigenvalue weighted by Crippen LogP contribution is 2.63. The first-order valence-corrected chi connectivity index (χ1v) is 6.37. The van der Waals surface area contributed by atoms with Crippen LogP contribution in [0.25, 0.3) is 0 Å². The molecular weight excluding hydrogens is 172 g/mol. The van der Waals surface area contributed by atoms with Gasteiger partial charge in [-0.2, -0.15) is 0 Å². The van der Waals surface area contributed by atoms with Crippen molar-refractivity contribution in [3.05, 3.63) is 0 Å². The lowest BCUT2D eigenvalue weighted by Crippen LogP contribution is -2.45. The van der Waals surface area contributed by atoms with Crippen LogP contribution in [0.4, 0.5) is 0 Å². The lowest BCUT2D eigenvalue weighted by atomic mass is 9.54. The minimum absolute atomic E-state index is 0.526. The van der Waals surface area contributed by atoms with Crippen molar-refractivity contribution in [2.24, 2.45) is 35.5 Å². The van der Waals surface area contributed by atoms with Gasteiger partial charge in [0.2, 0.25) is 0 Å². The van der Waals surface area contributed by atoms with E-state index in [1.807, 2.05) is 0 Å². The second-order valence-electron chi connectivity index (χ2n) is 6.10. The topological polar surface area (TPSA) is 17.1 Å². The SMILES string of the molecule is O=C1C[C@H]2C[C@H]1[C@@H]1C3CCC(CC3)[C@H]21. The number of Topliss-reactive ketones (excluding diaryl/α,β-unsaturated/α-hetero) is 1. The van der Waals surface area contributed by atoms with Gasteiger partial charge >= 0.3 is 0 Å². The minimum Gasteiger partial charge on any atom is -0.299 e. The minimum atomic E-state index is 0.526. The number of rotatable bonds is 0. The van der Waals surface area contributed by atoms with Crippen LogP contribution >= 0.6 is 0 Å². The average Bonchev–Trinajstić information content (AvgIpc) is 2.78. The van der Waals surface area contributed by atoms with Crippen LogP contribution in [0.3, 0.4) is 0 Å². The molecule has 0 amide bonds. The first-order valence-electron chi connectivity index (χ1n) is 6.37. The predicted molar refractivity (Wildman–Crippen MR) is 53.6 cm³/mol. The first-order chi connectivity index (χ1) is 6.84. The van der Waals surface area contributed by atoms with Gasteiger partial charge in [0.25, 0.3) is 0 Å². The molecule has 0 aromatic carbocycles. The molecule has 0 saturated heterocycles. The van der Waals surface area contributed by atoms with E-state index in [9.17, 15) is 4.79 Å². The largest absolute Gasteiger partial charge is 0.299 e. The third kappa shape index (κ3) is 0.765. The Morgan fingerprint density at radius 2 is 1.50 bits per heavy atom. The molecule has 4 bridgehead atoms. The number of hydrogen-bond acceptors (Lipinski definition) is 1. The van der Waals surface area contributed by atoms with Crippen LogP contribution in [0, 0.1) is 35.5 Å². The summed E-state index contributed by atoms with van der Waals surface area (Å²) in [5, 5.41) is 0. The lowest BCUT2D eigenvalue weighted by molar-refractivity contribution is -0.129. The molecule has 0 aromatic heterocycles. The number of ketones is 1. The Morgan fingerprint density at radius 3 is 2.21 bits per heavy atom. The summed E-state index contributed by atoms with van der Waals surface area (Å²) in [5.74, 6) is 5.80. The smallest absolute Gasteiger partial charge is 0.136 e. The van der Waals surface area contributed by atoms with Gasteiger partial charge in [-0.05, 0) is 61.7 Å². The molecule has 1 nitrogen and oxygen atoms in total. The van der Waals surface area contributed by atoms with Crippen molar-refractivity contribution in [3.8, 4) is 0 Å². The van der Waals surface area contributed by atoms with Crippen LogP contribution < -0.4 is 0 Å². The molecule has 5 rings (SSSR count). The molecule has 0 spiro atoms. The third-order valence-corrected chi connectivity index (χ3v) is 5.79. The summed E-state index contributed by atoms with van der Waals surface area (Å²) in [5.41, 5.74) is 0. The van der Waals surface area contributed by atoms with Crippen LogP contribution in [0.5, 0.6) is 0 Å². The fraction of sp³-hybridized carbons (Fsp3) is 0.923. The Balaban J connectivity index is 1.76. The van der Waals surface area contributed by atoms with Crippen molar-refractivity contribution in [3.63, 3.8) is 0 Å². The Bertz CT molecular complexity index is 288. The molecule has 1 heteroatoms. The molecule has 0 N–H and O–H groups in total. The zero-order chi connectivity index (χ0) is 9.28.